The highest BCUT2D eigenvalue weighted by Gasteiger charge is 2.29. The predicted molar refractivity (Wildman–Crippen MR) is 93.6 cm³/mol. The first-order chi connectivity index (χ1) is 11.1. The Kier molecular flexibility index (Phi) is 5.34. The molecule has 0 aromatic heterocycles. The maximum atomic E-state index is 10.1. The monoisotopic (exact) mass is 331 g/mol. The van der Waals surface area contributed by atoms with Crippen molar-refractivity contribution < 1.29 is 9.84 Å². The molecule has 0 bridgehead atoms. The van der Waals surface area contributed by atoms with Crippen LogP contribution in [0.2, 0.25) is 5.02 Å². The summed E-state index contributed by atoms with van der Waals surface area (Å²) in [6, 6.07) is 16.4. The lowest BCUT2D eigenvalue weighted by atomic mass is 10.00. The molecule has 0 saturated carbocycles. The summed E-state index contributed by atoms with van der Waals surface area (Å²) >= 11 is 5.92. The molecular weight excluding hydrogens is 310 g/mol. The third kappa shape index (κ3) is 4.12. The van der Waals surface area contributed by atoms with Crippen LogP contribution in [0.1, 0.15) is 18.9 Å². The summed E-state index contributed by atoms with van der Waals surface area (Å²) in [6.07, 6.45) is 0.291. The van der Waals surface area contributed by atoms with Crippen LogP contribution < -0.4 is 5.32 Å². The fourth-order valence-electron chi connectivity index (χ4n) is 2.91. The Labute approximate surface area is 142 Å². The zero-order valence-electron chi connectivity index (χ0n) is 13.2. The van der Waals surface area contributed by atoms with Gasteiger partial charge in [-0.05, 0) is 42.2 Å². The first-order valence-electron chi connectivity index (χ1n) is 8.01. The molecule has 23 heavy (non-hydrogen) atoms. The van der Waals surface area contributed by atoms with E-state index >= 15 is 0 Å². The Morgan fingerprint density at radius 2 is 1.70 bits per heavy atom. The molecule has 0 aliphatic carbocycles. The van der Waals surface area contributed by atoms with Crippen molar-refractivity contribution in [1.29, 1.82) is 0 Å². The summed E-state index contributed by atoms with van der Waals surface area (Å²) in [5.74, 6) is 0. The van der Waals surface area contributed by atoms with Crippen molar-refractivity contribution in [2.45, 2.75) is 38.1 Å². The topological polar surface area (TPSA) is 41.5 Å². The van der Waals surface area contributed by atoms with Gasteiger partial charge in [-0.1, -0.05) is 48.0 Å². The summed E-state index contributed by atoms with van der Waals surface area (Å²) < 4.78 is 5.45. The lowest BCUT2D eigenvalue weighted by Crippen LogP contribution is -2.50. The summed E-state index contributed by atoms with van der Waals surface area (Å²) in [7, 11) is 0. The van der Waals surface area contributed by atoms with E-state index in [4.69, 9.17) is 16.3 Å². The van der Waals surface area contributed by atoms with Crippen LogP contribution in [0.4, 0.5) is 0 Å². The molecule has 1 heterocycles. The van der Waals surface area contributed by atoms with Crippen molar-refractivity contribution in [3.05, 3.63) is 59.1 Å². The van der Waals surface area contributed by atoms with E-state index in [-0.39, 0.29) is 12.1 Å². The minimum atomic E-state index is -0.447. The van der Waals surface area contributed by atoms with Gasteiger partial charge in [0.25, 0.3) is 0 Å². The second-order valence-electron chi connectivity index (χ2n) is 6.05. The third-order valence-electron chi connectivity index (χ3n) is 4.40. The van der Waals surface area contributed by atoms with E-state index < -0.39 is 6.10 Å². The minimum Gasteiger partial charge on any atom is -0.389 e. The molecule has 122 valence electrons. The molecule has 0 unspecified atom stereocenters. The fraction of sp³-hybridized carbons (Fsp3) is 0.368. The number of nitrogens with one attached hydrogen (secondary N) is 1. The largest absolute Gasteiger partial charge is 0.389 e. The van der Waals surface area contributed by atoms with Crippen LogP contribution in [0.25, 0.3) is 11.1 Å². The van der Waals surface area contributed by atoms with Crippen molar-refractivity contribution in [3.8, 4) is 11.1 Å². The van der Waals surface area contributed by atoms with Crippen molar-refractivity contribution in [1.82, 2.24) is 5.32 Å². The molecule has 0 spiro atoms. The van der Waals surface area contributed by atoms with Crippen LogP contribution in [0, 0.1) is 0 Å². The standard InChI is InChI=1S/C19H22ClNO2/c1-13-19(22)18(10-11-23-13)21-12-14-2-4-15(5-3-14)16-6-8-17(20)9-7-16/h2-9,13,18-19,21-22H,10-12H2,1H3/t13-,18-,19-/m0/s1. The summed E-state index contributed by atoms with van der Waals surface area (Å²) in [5, 5.41) is 14.3. The van der Waals surface area contributed by atoms with Gasteiger partial charge >= 0.3 is 0 Å². The van der Waals surface area contributed by atoms with Crippen LogP contribution in [0.3, 0.4) is 0 Å². The van der Waals surface area contributed by atoms with Gasteiger partial charge in [0.2, 0.25) is 0 Å². The first-order valence-corrected chi connectivity index (χ1v) is 8.39. The van der Waals surface area contributed by atoms with E-state index in [2.05, 4.69) is 29.6 Å². The number of hydrogen-bond donors (Lipinski definition) is 2. The molecule has 2 N–H and O–H groups in total. The molecule has 1 aliphatic heterocycles. The molecule has 0 radical (unpaired) electrons. The average molecular weight is 332 g/mol. The summed E-state index contributed by atoms with van der Waals surface area (Å²) in [6.45, 7) is 3.36. The molecule has 1 saturated heterocycles. The van der Waals surface area contributed by atoms with Gasteiger partial charge in [-0.25, -0.2) is 0 Å². The van der Waals surface area contributed by atoms with Crippen molar-refractivity contribution in [2.75, 3.05) is 6.61 Å². The van der Waals surface area contributed by atoms with Gasteiger partial charge in [0.05, 0.1) is 12.2 Å². The smallest absolute Gasteiger partial charge is 0.0952 e. The van der Waals surface area contributed by atoms with E-state index in [1.807, 2.05) is 31.2 Å². The Hall–Kier alpha value is -1.39. The number of aliphatic hydroxyl groups is 1. The van der Waals surface area contributed by atoms with E-state index in [1.54, 1.807) is 0 Å². The minimum absolute atomic E-state index is 0.0923. The summed E-state index contributed by atoms with van der Waals surface area (Å²) in [5.41, 5.74) is 3.53. The van der Waals surface area contributed by atoms with Crippen LogP contribution in [-0.4, -0.2) is 30.0 Å². The number of aliphatic hydroxyl groups excluding tert-OH is 1. The molecule has 2 aromatic rings. The Morgan fingerprint density at radius 3 is 2.35 bits per heavy atom. The van der Waals surface area contributed by atoms with E-state index in [1.165, 1.54) is 11.1 Å². The fourth-order valence-corrected chi connectivity index (χ4v) is 3.03. The van der Waals surface area contributed by atoms with Crippen molar-refractivity contribution in [3.63, 3.8) is 0 Å². The molecule has 1 aliphatic rings. The van der Waals surface area contributed by atoms with Gasteiger partial charge in [0.15, 0.2) is 0 Å². The van der Waals surface area contributed by atoms with Crippen LogP contribution in [-0.2, 0) is 11.3 Å². The van der Waals surface area contributed by atoms with Gasteiger partial charge in [-0.2, -0.15) is 0 Å². The van der Waals surface area contributed by atoms with Gasteiger partial charge in [0.1, 0.15) is 0 Å². The van der Waals surface area contributed by atoms with Crippen LogP contribution in [0.5, 0.6) is 0 Å². The zero-order valence-corrected chi connectivity index (χ0v) is 14.0. The van der Waals surface area contributed by atoms with Crippen molar-refractivity contribution in [2.24, 2.45) is 0 Å². The van der Waals surface area contributed by atoms with Crippen molar-refractivity contribution >= 4 is 11.6 Å². The van der Waals surface area contributed by atoms with Gasteiger partial charge in [-0.15, -0.1) is 0 Å². The Bertz CT molecular complexity index is 627. The lowest BCUT2D eigenvalue weighted by molar-refractivity contribution is -0.0817. The number of hydrogen-bond acceptors (Lipinski definition) is 3. The number of halogens is 1. The molecule has 0 amide bonds. The molecule has 2 aromatic carbocycles. The highest BCUT2D eigenvalue weighted by atomic mass is 35.5. The quantitative estimate of drug-likeness (QED) is 0.898. The Morgan fingerprint density at radius 1 is 1.09 bits per heavy atom. The maximum Gasteiger partial charge on any atom is 0.0952 e. The number of benzene rings is 2. The molecule has 3 nitrogen and oxygen atoms in total. The maximum absolute atomic E-state index is 10.1. The van der Waals surface area contributed by atoms with Crippen LogP contribution >= 0.6 is 11.6 Å². The second kappa shape index (κ2) is 7.45. The predicted octanol–water partition coefficient (Wildman–Crippen LogP) is 3.63. The molecule has 3 atom stereocenters. The number of rotatable bonds is 4. The molecule has 4 heteroatoms. The van der Waals surface area contributed by atoms with Gasteiger partial charge in [-0.3, -0.25) is 0 Å². The van der Waals surface area contributed by atoms with E-state index in [9.17, 15) is 5.11 Å². The Balaban J connectivity index is 1.60. The lowest BCUT2D eigenvalue weighted by Gasteiger charge is -2.33. The van der Waals surface area contributed by atoms with Gasteiger partial charge in [0, 0.05) is 24.2 Å². The second-order valence-corrected chi connectivity index (χ2v) is 6.48. The van der Waals surface area contributed by atoms with Crippen LogP contribution in [0.15, 0.2) is 48.5 Å². The summed E-state index contributed by atoms with van der Waals surface area (Å²) in [4.78, 5) is 0. The first kappa shape index (κ1) is 16.5. The van der Waals surface area contributed by atoms with E-state index in [0.29, 0.717) is 6.61 Å². The third-order valence-corrected chi connectivity index (χ3v) is 4.65. The molecular formula is C19H22ClNO2. The molecule has 1 fully saturated rings. The zero-order chi connectivity index (χ0) is 16.2. The number of ether oxygens (including phenoxy) is 1. The highest BCUT2D eigenvalue weighted by Crippen LogP contribution is 2.22. The SMILES string of the molecule is C[C@@H]1OCC[C@H](NCc2ccc(-c3ccc(Cl)cc3)cc2)[C@H]1O. The normalized spacial score (nSPS) is 24.6. The molecule has 3 rings (SSSR count). The average Bonchev–Trinajstić information content (AvgIpc) is 2.57. The highest BCUT2D eigenvalue weighted by molar-refractivity contribution is 6.30. The van der Waals surface area contributed by atoms with Gasteiger partial charge < -0.3 is 15.2 Å². The van der Waals surface area contributed by atoms with E-state index in [0.717, 1.165) is 23.6 Å².